The largest absolute Gasteiger partial charge is 0.337 e. The fourth-order valence-electron chi connectivity index (χ4n) is 4.66. The molecule has 1 aliphatic carbocycles. The normalized spacial score (nSPS) is 18.7. The van der Waals surface area contributed by atoms with Gasteiger partial charge in [-0.15, -0.1) is 0 Å². The summed E-state index contributed by atoms with van der Waals surface area (Å²) >= 11 is 0. The van der Waals surface area contributed by atoms with Crippen molar-refractivity contribution < 1.29 is 13.2 Å². The standard InChI is InChI=1S/C21H25N3O3S/c1-22-28(26,27)19-8-4-6-16-15-24(13-9-18(16)19)20(25)21(10-2-3-11-21)17-7-5-12-23-14-17/h4-8,12,14,22H,2-3,9-11,13,15H2,1H3. The van der Waals surface area contributed by atoms with Gasteiger partial charge < -0.3 is 4.90 Å². The van der Waals surface area contributed by atoms with Crippen LogP contribution in [0.25, 0.3) is 0 Å². The van der Waals surface area contributed by atoms with Crippen molar-refractivity contribution in [1.82, 2.24) is 14.6 Å². The van der Waals surface area contributed by atoms with Crippen molar-refractivity contribution in [2.75, 3.05) is 13.6 Å². The molecule has 4 rings (SSSR count). The van der Waals surface area contributed by atoms with E-state index in [2.05, 4.69) is 9.71 Å². The molecule has 1 N–H and O–H groups in total. The molecular weight excluding hydrogens is 374 g/mol. The minimum atomic E-state index is -3.51. The molecule has 148 valence electrons. The topological polar surface area (TPSA) is 79.4 Å². The summed E-state index contributed by atoms with van der Waals surface area (Å²) < 4.78 is 27.1. The van der Waals surface area contributed by atoms with Crippen molar-refractivity contribution in [3.63, 3.8) is 0 Å². The molecule has 6 nitrogen and oxygen atoms in total. The zero-order valence-corrected chi connectivity index (χ0v) is 16.8. The van der Waals surface area contributed by atoms with Crippen LogP contribution >= 0.6 is 0 Å². The summed E-state index contributed by atoms with van der Waals surface area (Å²) in [5.74, 6) is 0.144. The lowest BCUT2D eigenvalue weighted by molar-refractivity contribution is -0.138. The van der Waals surface area contributed by atoms with Gasteiger partial charge in [0.15, 0.2) is 0 Å². The molecule has 2 aromatic rings. The van der Waals surface area contributed by atoms with Crippen LogP contribution < -0.4 is 4.72 Å². The molecule has 0 bridgehead atoms. The van der Waals surface area contributed by atoms with Crippen molar-refractivity contribution in [3.8, 4) is 0 Å². The molecule has 1 amide bonds. The summed E-state index contributed by atoms with van der Waals surface area (Å²) in [6, 6.07) is 9.21. The van der Waals surface area contributed by atoms with Crippen molar-refractivity contribution in [2.45, 2.75) is 49.0 Å². The third-order valence-corrected chi connectivity index (χ3v) is 7.65. The maximum absolute atomic E-state index is 13.6. The van der Waals surface area contributed by atoms with Gasteiger partial charge in [0.2, 0.25) is 15.9 Å². The first-order valence-electron chi connectivity index (χ1n) is 9.72. The molecule has 28 heavy (non-hydrogen) atoms. The van der Waals surface area contributed by atoms with Crippen LogP contribution in [0.15, 0.2) is 47.6 Å². The quantitative estimate of drug-likeness (QED) is 0.856. The van der Waals surface area contributed by atoms with E-state index in [0.717, 1.165) is 42.4 Å². The second kappa shape index (κ2) is 7.29. The average Bonchev–Trinajstić information content (AvgIpc) is 3.24. The molecule has 1 aromatic heterocycles. The molecule has 0 atom stereocenters. The Bertz CT molecular complexity index is 983. The molecule has 1 aliphatic heterocycles. The van der Waals surface area contributed by atoms with E-state index in [-0.39, 0.29) is 5.91 Å². The Hall–Kier alpha value is -2.25. The first-order valence-corrected chi connectivity index (χ1v) is 11.2. The number of rotatable bonds is 4. The number of nitrogens with zero attached hydrogens (tertiary/aromatic N) is 2. The van der Waals surface area contributed by atoms with Crippen molar-refractivity contribution in [1.29, 1.82) is 0 Å². The van der Waals surface area contributed by atoms with Gasteiger partial charge in [0, 0.05) is 25.5 Å². The Morgan fingerprint density at radius 1 is 1.18 bits per heavy atom. The molecule has 1 saturated carbocycles. The lowest BCUT2D eigenvalue weighted by Crippen LogP contribution is -2.47. The van der Waals surface area contributed by atoms with Crippen LogP contribution in [0.5, 0.6) is 0 Å². The minimum absolute atomic E-state index is 0.144. The molecule has 2 aliphatic rings. The molecule has 0 radical (unpaired) electrons. The zero-order chi connectivity index (χ0) is 19.8. The van der Waals surface area contributed by atoms with Crippen LogP contribution in [-0.4, -0.2) is 37.8 Å². The van der Waals surface area contributed by atoms with Gasteiger partial charge in [0.1, 0.15) is 0 Å². The summed E-state index contributed by atoms with van der Waals surface area (Å²) in [6.45, 7) is 0.980. The van der Waals surface area contributed by atoms with E-state index in [4.69, 9.17) is 0 Å². The predicted molar refractivity (Wildman–Crippen MR) is 106 cm³/mol. The van der Waals surface area contributed by atoms with E-state index in [0.29, 0.717) is 24.4 Å². The highest BCUT2D eigenvalue weighted by atomic mass is 32.2. The number of fused-ring (bicyclic) bond motifs is 1. The van der Waals surface area contributed by atoms with Crippen LogP contribution in [0.2, 0.25) is 0 Å². The second-order valence-corrected chi connectivity index (χ2v) is 9.46. The number of carbonyl (C=O) groups is 1. The van der Waals surface area contributed by atoms with Gasteiger partial charge in [0.05, 0.1) is 10.3 Å². The fraction of sp³-hybridized carbons (Fsp3) is 0.429. The van der Waals surface area contributed by atoms with Gasteiger partial charge in [-0.25, -0.2) is 13.1 Å². The SMILES string of the molecule is CNS(=O)(=O)c1cccc2c1CCN(C(=O)C1(c3cccnc3)CCCC1)C2. The summed E-state index contributed by atoms with van der Waals surface area (Å²) in [6.07, 6.45) is 7.85. The Balaban J connectivity index is 1.66. The molecular formula is C21H25N3O3S. The summed E-state index contributed by atoms with van der Waals surface area (Å²) in [5, 5.41) is 0. The maximum atomic E-state index is 13.6. The number of benzene rings is 1. The molecule has 1 fully saturated rings. The van der Waals surface area contributed by atoms with Gasteiger partial charge in [-0.05, 0) is 55.1 Å². The van der Waals surface area contributed by atoms with E-state index in [1.54, 1.807) is 18.3 Å². The smallest absolute Gasteiger partial charge is 0.240 e. The van der Waals surface area contributed by atoms with Crippen LogP contribution in [0.1, 0.15) is 42.4 Å². The molecule has 0 unspecified atom stereocenters. The van der Waals surface area contributed by atoms with Gasteiger partial charge >= 0.3 is 0 Å². The van der Waals surface area contributed by atoms with E-state index < -0.39 is 15.4 Å². The number of sulfonamides is 1. The van der Waals surface area contributed by atoms with Crippen LogP contribution in [0, 0.1) is 0 Å². The minimum Gasteiger partial charge on any atom is -0.337 e. The molecule has 7 heteroatoms. The van der Waals surface area contributed by atoms with Gasteiger partial charge in [-0.1, -0.05) is 31.0 Å². The fourth-order valence-corrected chi connectivity index (χ4v) is 5.70. The predicted octanol–water partition coefficient (Wildman–Crippen LogP) is 2.39. The lowest BCUT2D eigenvalue weighted by Gasteiger charge is -2.37. The van der Waals surface area contributed by atoms with E-state index in [1.165, 1.54) is 7.05 Å². The van der Waals surface area contributed by atoms with Gasteiger partial charge in [0.25, 0.3) is 0 Å². The number of amides is 1. The second-order valence-electron chi connectivity index (χ2n) is 7.61. The molecule has 0 saturated heterocycles. The summed E-state index contributed by atoms with van der Waals surface area (Å²) in [5.41, 5.74) is 2.23. The number of aromatic nitrogens is 1. The molecule has 2 heterocycles. The number of hydrogen-bond acceptors (Lipinski definition) is 4. The Morgan fingerprint density at radius 2 is 1.96 bits per heavy atom. The third kappa shape index (κ3) is 3.12. The van der Waals surface area contributed by atoms with E-state index in [1.807, 2.05) is 29.3 Å². The maximum Gasteiger partial charge on any atom is 0.240 e. The van der Waals surface area contributed by atoms with Crippen LogP contribution in [0.4, 0.5) is 0 Å². The van der Waals surface area contributed by atoms with Crippen LogP contribution in [0.3, 0.4) is 0 Å². The monoisotopic (exact) mass is 399 g/mol. The van der Waals surface area contributed by atoms with E-state index >= 15 is 0 Å². The number of nitrogens with one attached hydrogen (secondary N) is 1. The lowest BCUT2D eigenvalue weighted by atomic mass is 9.77. The first kappa shape index (κ1) is 19.1. The number of carbonyl (C=O) groups excluding carboxylic acids is 1. The zero-order valence-electron chi connectivity index (χ0n) is 16.0. The number of pyridine rings is 1. The highest BCUT2D eigenvalue weighted by molar-refractivity contribution is 7.89. The van der Waals surface area contributed by atoms with Crippen molar-refractivity contribution >= 4 is 15.9 Å². The van der Waals surface area contributed by atoms with E-state index in [9.17, 15) is 13.2 Å². The highest BCUT2D eigenvalue weighted by Gasteiger charge is 2.45. The summed E-state index contributed by atoms with van der Waals surface area (Å²) in [7, 11) is -2.09. The van der Waals surface area contributed by atoms with Gasteiger partial charge in [-0.3, -0.25) is 9.78 Å². The third-order valence-electron chi connectivity index (χ3n) is 6.15. The Kier molecular flexibility index (Phi) is 4.97. The summed E-state index contributed by atoms with van der Waals surface area (Å²) in [4.78, 5) is 20.1. The first-order chi connectivity index (χ1) is 13.5. The number of hydrogen-bond donors (Lipinski definition) is 1. The average molecular weight is 400 g/mol. The van der Waals surface area contributed by atoms with Crippen LogP contribution in [-0.2, 0) is 33.2 Å². The Morgan fingerprint density at radius 3 is 2.64 bits per heavy atom. The molecule has 0 spiro atoms. The van der Waals surface area contributed by atoms with Crippen molar-refractivity contribution in [2.24, 2.45) is 0 Å². The van der Waals surface area contributed by atoms with Crippen molar-refractivity contribution in [3.05, 3.63) is 59.4 Å². The molecule has 1 aromatic carbocycles. The highest BCUT2D eigenvalue weighted by Crippen LogP contribution is 2.43. The Labute approximate surface area is 166 Å². The van der Waals surface area contributed by atoms with Gasteiger partial charge in [-0.2, -0.15) is 0 Å².